The smallest absolute Gasteiger partial charge is 0.416 e. The molecule has 1 saturated heterocycles. The maximum absolute atomic E-state index is 13.1. The zero-order valence-electron chi connectivity index (χ0n) is 20.9. The highest BCUT2D eigenvalue weighted by Crippen LogP contribution is 2.39. The summed E-state index contributed by atoms with van der Waals surface area (Å²) in [6.45, 7) is -0.635. The van der Waals surface area contributed by atoms with E-state index in [4.69, 9.17) is 44.3 Å². The Bertz CT molecular complexity index is 1540. The zero-order valence-corrected chi connectivity index (χ0v) is 23.9. The zero-order chi connectivity index (χ0) is 29.9. The van der Waals surface area contributed by atoms with Crippen LogP contribution in [0, 0.1) is 0 Å². The number of carbonyl (C=O) groups is 3. The Hall–Kier alpha value is -3.38. The minimum absolute atomic E-state index is 0.0173. The molecule has 7 nitrogen and oxygen atoms in total. The highest BCUT2D eigenvalue weighted by atomic mass is 35.5. The molecule has 1 N–H and O–H groups in total. The van der Waals surface area contributed by atoms with Gasteiger partial charge in [-0.1, -0.05) is 53.0 Å². The highest BCUT2D eigenvalue weighted by molar-refractivity contribution is 8.18. The van der Waals surface area contributed by atoms with E-state index in [0.29, 0.717) is 33.3 Å². The van der Waals surface area contributed by atoms with E-state index >= 15 is 0 Å². The van der Waals surface area contributed by atoms with Crippen molar-refractivity contribution in [2.75, 3.05) is 19.0 Å². The summed E-state index contributed by atoms with van der Waals surface area (Å²) in [5, 5.41) is 2.31. The Morgan fingerprint density at radius 3 is 2.34 bits per heavy atom. The van der Waals surface area contributed by atoms with Gasteiger partial charge in [0.15, 0.2) is 5.75 Å². The molecule has 1 aliphatic heterocycles. The van der Waals surface area contributed by atoms with E-state index in [1.807, 2.05) is 0 Å². The van der Waals surface area contributed by atoms with Gasteiger partial charge in [0.25, 0.3) is 11.1 Å². The average Bonchev–Trinajstić information content (AvgIpc) is 3.15. The van der Waals surface area contributed by atoms with Gasteiger partial charge in [0, 0.05) is 10.6 Å². The molecule has 4 rings (SSSR count). The topological polar surface area (TPSA) is 84.9 Å². The van der Waals surface area contributed by atoms with Crippen LogP contribution in [0.4, 0.5) is 23.7 Å². The van der Waals surface area contributed by atoms with E-state index in [-0.39, 0.29) is 38.7 Å². The van der Waals surface area contributed by atoms with Gasteiger partial charge in [-0.05, 0) is 59.8 Å². The molecule has 1 fully saturated rings. The summed E-state index contributed by atoms with van der Waals surface area (Å²) in [6.07, 6.45) is -3.29. The fraction of sp³-hybridized carbons (Fsp3) is 0.148. The number of alkyl halides is 3. The summed E-state index contributed by atoms with van der Waals surface area (Å²) in [7, 11) is 1.22. The first kappa shape index (κ1) is 30.6. The Balaban J connectivity index is 1.46. The van der Waals surface area contributed by atoms with Gasteiger partial charge in [-0.2, -0.15) is 13.2 Å². The Morgan fingerprint density at radius 1 is 1.02 bits per heavy atom. The number of halogens is 6. The maximum Gasteiger partial charge on any atom is 0.416 e. The summed E-state index contributed by atoms with van der Waals surface area (Å²) >= 11 is 19.4. The number of thioether (sulfide) groups is 1. The molecule has 0 atom stereocenters. The third kappa shape index (κ3) is 7.28. The monoisotopic (exact) mass is 644 g/mol. The van der Waals surface area contributed by atoms with Crippen molar-refractivity contribution in [3.63, 3.8) is 0 Å². The first-order chi connectivity index (χ1) is 19.4. The molecule has 0 spiro atoms. The molecule has 0 bridgehead atoms. The SMILES string of the molecule is COc1ccc(C(F)(F)F)cc1NC(=O)CN1C(=O)S/C(=C\c2cc(Cl)c(OCc3ccccc3Cl)c(Cl)c2)C1=O. The molecule has 214 valence electrons. The second-order valence-corrected chi connectivity index (χ2v) is 10.6. The lowest BCUT2D eigenvalue weighted by Gasteiger charge is -2.16. The second-order valence-electron chi connectivity index (χ2n) is 8.42. The first-order valence-corrected chi connectivity index (χ1v) is 13.5. The molecule has 3 aromatic rings. The van der Waals surface area contributed by atoms with Gasteiger partial charge in [-0.15, -0.1) is 0 Å². The molecular weight excluding hydrogens is 628 g/mol. The Labute approximate surface area is 251 Å². The number of hydrogen-bond acceptors (Lipinski definition) is 6. The minimum atomic E-state index is -4.66. The maximum atomic E-state index is 13.1. The number of benzene rings is 3. The van der Waals surface area contributed by atoms with Crippen molar-refractivity contribution in [2.45, 2.75) is 12.8 Å². The molecule has 1 heterocycles. The predicted octanol–water partition coefficient (Wildman–Crippen LogP) is 7.93. The van der Waals surface area contributed by atoms with Crippen molar-refractivity contribution in [1.82, 2.24) is 4.90 Å². The number of carbonyl (C=O) groups excluding carboxylic acids is 3. The van der Waals surface area contributed by atoms with Gasteiger partial charge >= 0.3 is 6.18 Å². The molecule has 3 aromatic carbocycles. The molecule has 3 amide bonds. The fourth-order valence-corrected chi connectivity index (χ4v) is 5.31. The van der Waals surface area contributed by atoms with Crippen LogP contribution < -0.4 is 14.8 Å². The van der Waals surface area contributed by atoms with Crippen LogP contribution in [0.25, 0.3) is 6.08 Å². The van der Waals surface area contributed by atoms with Gasteiger partial charge < -0.3 is 14.8 Å². The molecule has 0 aliphatic carbocycles. The number of anilines is 1. The number of rotatable bonds is 8. The molecule has 41 heavy (non-hydrogen) atoms. The van der Waals surface area contributed by atoms with Crippen molar-refractivity contribution < 1.29 is 37.0 Å². The number of nitrogens with zero attached hydrogens (tertiary/aromatic N) is 1. The van der Waals surface area contributed by atoms with E-state index in [1.54, 1.807) is 24.3 Å². The lowest BCUT2D eigenvalue weighted by molar-refractivity contribution is -0.137. The summed E-state index contributed by atoms with van der Waals surface area (Å²) in [5.74, 6) is -1.52. The van der Waals surface area contributed by atoms with Crippen LogP contribution in [-0.2, 0) is 22.4 Å². The minimum Gasteiger partial charge on any atom is -0.495 e. The summed E-state index contributed by atoms with van der Waals surface area (Å²) in [4.78, 5) is 38.6. The quantitative estimate of drug-likeness (QED) is 0.251. The largest absolute Gasteiger partial charge is 0.495 e. The van der Waals surface area contributed by atoms with Crippen LogP contribution in [0.3, 0.4) is 0 Å². The van der Waals surface area contributed by atoms with Gasteiger partial charge in [0.1, 0.15) is 18.9 Å². The molecule has 0 aromatic heterocycles. The van der Waals surface area contributed by atoms with E-state index in [9.17, 15) is 27.6 Å². The van der Waals surface area contributed by atoms with Crippen molar-refractivity contribution >= 4 is 75.4 Å². The molecule has 0 unspecified atom stereocenters. The van der Waals surface area contributed by atoms with E-state index in [1.165, 1.54) is 25.3 Å². The van der Waals surface area contributed by atoms with Gasteiger partial charge in [-0.25, -0.2) is 0 Å². The van der Waals surface area contributed by atoms with E-state index < -0.39 is 35.3 Å². The van der Waals surface area contributed by atoms with Crippen LogP contribution in [0.1, 0.15) is 16.7 Å². The van der Waals surface area contributed by atoms with Crippen molar-refractivity contribution in [3.8, 4) is 11.5 Å². The summed E-state index contributed by atoms with van der Waals surface area (Å²) in [6, 6.07) is 12.6. The normalized spacial score (nSPS) is 14.5. The van der Waals surface area contributed by atoms with Crippen molar-refractivity contribution in [1.29, 1.82) is 0 Å². The predicted molar refractivity (Wildman–Crippen MR) is 152 cm³/mol. The highest BCUT2D eigenvalue weighted by Gasteiger charge is 2.37. The number of nitrogens with one attached hydrogen (secondary N) is 1. The summed E-state index contributed by atoms with van der Waals surface area (Å²) in [5.41, 5.74) is -0.181. The molecule has 0 radical (unpaired) electrons. The number of ether oxygens (including phenoxy) is 2. The van der Waals surface area contributed by atoms with Gasteiger partial charge in [0.05, 0.1) is 33.3 Å². The molecular formula is C27H18Cl3F3N2O5S. The summed E-state index contributed by atoms with van der Waals surface area (Å²) < 4.78 is 50.0. The van der Waals surface area contributed by atoms with Crippen LogP contribution in [-0.4, -0.2) is 35.6 Å². The van der Waals surface area contributed by atoms with Crippen molar-refractivity contribution in [3.05, 3.63) is 91.3 Å². The van der Waals surface area contributed by atoms with Crippen LogP contribution >= 0.6 is 46.6 Å². The lowest BCUT2D eigenvalue weighted by Crippen LogP contribution is -2.36. The Kier molecular flexibility index (Phi) is 9.43. The number of methoxy groups -OCH3 is 1. The number of hydrogen-bond donors (Lipinski definition) is 1. The van der Waals surface area contributed by atoms with Crippen LogP contribution in [0.2, 0.25) is 15.1 Å². The number of imide groups is 1. The molecule has 0 saturated carbocycles. The third-order valence-corrected chi connectivity index (χ3v) is 7.46. The standard InChI is InChI=1S/C27H18Cl3F3N2O5S/c1-39-21-7-6-16(27(31,32)33)11-20(21)34-23(36)12-35-25(37)22(41-26(35)38)10-14-8-18(29)24(19(30)9-14)40-13-15-4-2-3-5-17(15)28/h2-11H,12-13H2,1H3,(H,34,36)/b22-10-. The Morgan fingerprint density at radius 2 is 1.71 bits per heavy atom. The average molecular weight is 646 g/mol. The van der Waals surface area contributed by atoms with Crippen molar-refractivity contribution in [2.24, 2.45) is 0 Å². The van der Waals surface area contributed by atoms with Gasteiger partial charge in [0.2, 0.25) is 5.91 Å². The van der Waals surface area contributed by atoms with Crippen LogP contribution in [0.5, 0.6) is 11.5 Å². The van der Waals surface area contributed by atoms with Crippen LogP contribution in [0.15, 0.2) is 59.5 Å². The van der Waals surface area contributed by atoms with E-state index in [2.05, 4.69) is 5.32 Å². The fourth-order valence-electron chi connectivity index (χ4n) is 3.67. The third-order valence-electron chi connectivity index (χ3n) is 5.62. The van der Waals surface area contributed by atoms with Gasteiger partial charge in [-0.3, -0.25) is 19.3 Å². The first-order valence-electron chi connectivity index (χ1n) is 11.5. The second kappa shape index (κ2) is 12.6. The molecule has 1 aliphatic rings. The number of amides is 3. The van der Waals surface area contributed by atoms with E-state index in [0.717, 1.165) is 17.7 Å². The lowest BCUT2D eigenvalue weighted by atomic mass is 10.1. The molecule has 14 heteroatoms.